The van der Waals surface area contributed by atoms with E-state index in [9.17, 15) is 4.79 Å². The van der Waals surface area contributed by atoms with E-state index in [0.29, 0.717) is 16.3 Å². The fourth-order valence-electron chi connectivity index (χ4n) is 2.16. The molecule has 1 heterocycles. The highest BCUT2D eigenvalue weighted by molar-refractivity contribution is 6.32. The second-order valence-corrected chi connectivity index (χ2v) is 5.15. The molecule has 5 heteroatoms. The van der Waals surface area contributed by atoms with Gasteiger partial charge in [-0.15, -0.1) is 0 Å². The van der Waals surface area contributed by atoms with E-state index in [4.69, 9.17) is 16.3 Å². The molecule has 4 nitrogen and oxygen atoms in total. The number of rotatable bonds is 4. The van der Waals surface area contributed by atoms with Crippen molar-refractivity contribution >= 4 is 17.4 Å². The van der Waals surface area contributed by atoms with Gasteiger partial charge < -0.3 is 4.74 Å². The molecule has 0 amide bonds. The maximum absolute atomic E-state index is 12.5. The predicted molar refractivity (Wildman–Crippen MR) is 78.7 cm³/mol. The molecule has 0 aliphatic heterocycles. The second-order valence-electron chi connectivity index (χ2n) is 4.77. The van der Waals surface area contributed by atoms with E-state index in [0.717, 1.165) is 17.0 Å². The topological polar surface area (TPSA) is 44.1 Å². The van der Waals surface area contributed by atoms with Gasteiger partial charge in [0, 0.05) is 7.05 Å². The normalized spacial score (nSPS) is 10.7. The molecule has 0 aliphatic carbocycles. The van der Waals surface area contributed by atoms with Crippen LogP contribution in [-0.2, 0) is 13.5 Å². The fraction of sp³-hybridized carbons (Fsp3) is 0.333. The molecule has 0 N–H and O–H groups in total. The molecule has 0 saturated carbocycles. The number of nitrogens with zero attached hydrogens (tertiary/aromatic N) is 2. The zero-order valence-electron chi connectivity index (χ0n) is 12.0. The van der Waals surface area contributed by atoms with E-state index in [1.54, 1.807) is 24.9 Å². The first kappa shape index (κ1) is 14.6. The van der Waals surface area contributed by atoms with Crippen LogP contribution in [0.2, 0.25) is 5.02 Å². The Balaban J connectivity index is 2.35. The van der Waals surface area contributed by atoms with Gasteiger partial charge in [0.2, 0.25) is 0 Å². The Kier molecular flexibility index (Phi) is 4.14. The number of hydrogen-bond acceptors (Lipinski definition) is 3. The first-order valence-corrected chi connectivity index (χ1v) is 6.67. The summed E-state index contributed by atoms with van der Waals surface area (Å²) in [6.45, 7) is 3.76. The Morgan fingerprint density at radius 3 is 2.65 bits per heavy atom. The van der Waals surface area contributed by atoms with Gasteiger partial charge in [-0.3, -0.25) is 9.48 Å². The van der Waals surface area contributed by atoms with Crippen LogP contribution in [0.25, 0.3) is 0 Å². The van der Waals surface area contributed by atoms with Crippen molar-refractivity contribution in [1.82, 2.24) is 9.78 Å². The molecular weight excluding hydrogens is 276 g/mol. The molecule has 0 spiro atoms. The number of carbonyl (C=O) groups is 1. The van der Waals surface area contributed by atoms with Crippen LogP contribution < -0.4 is 4.74 Å². The van der Waals surface area contributed by atoms with E-state index < -0.39 is 0 Å². The van der Waals surface area contributed by atoms with Crippen LogP contribution in [0.5, 0.6) is 5.75 Å². The van der Waals surface area contributed by atoms with Crippen LogP contribution >= 0.6 is 11.6 Å². The highest BCUT2D eigenvalue weighted by Crippen LogP contribution is 2.25. The van der Waals surface area contributed by atoms with Gasteiger partial charge in [0.15, 0.2) is 5.78 Å². The lowest BCUT2D eigenvalue weighted by Gasteiger charge is -2.09. The quantitative estimate of drug-likeness (QED) is 0.813. The third kappa shape index (κ3) is 2.70. The summed E-state index contributed by atoms with van der Waals surface area (Å²) in [6, 6.07) is 5.55. The van der Waals surface area contributed by atoms with Crippen molar-refractivity contribution in [2.45, 2.75) is 20.3 Å². The Hall–Kier alpha value is -1.81. The summed E-state index contributed by atoms with van der Waals surface area (Å²) in [5.74, 6) is 0.547. The van der Waals surface area contributed by atoms with Gasteiger partial charge in [-0.1, -0.05) is 23.2 Å². The van der Waals surface area contributed by atoms with Crippen LogP contribution in [0.1, 0.15) is 27.3 Å². The van der Waals surface area contributed by atoms with Gasteiger partial charge in [0.25, 0.3) is 0 Å². The number of ether oxygens (including phenoxy) is 1. The van der Waals surface area contributed by atoms with Crippen molar-refractivity contribution in [3.63, 3.8) is 0 Å². The summed E-state index contributed by atoms with van der Waals surface area (Å²) in [5.41, 5.74) is 3.04. The zero-order valence-corrected chi connectivity index (χ0v) is 12.8. The lowest BCUT2D eigenvalue weighted by Crippen LogP contribution is -2.10. The number of aryl methyl sites for hydroxylation is 3. The molecule has 1 aromatic carbocycles. The van der Waals surface area contributed by atoms with Gasteiger partial charge in [-0.25, -0.2) is 0 Å². The first-order chi connectivity index (χ1) is 9.43. The minimum atomic E-state index is -0.0320. The standard InChI is InChI=1S/C15H17ClN2O2/c1-9-5-6-14(20-4)11(7-9)13(19)8-12-15(16)10(2)17-18(12)3/h5-7H,8H2,1-4H3. The van der Waals surface area contributed by atoms with E-state index >= 15 is 0 Å². The molecule has 106 valence electrons. The molecule has 2 aromatic rings. The summed E-state index contributed by atoms with van der Waals surface area (Å²) < 4.78 is 6.90. The predicted octanol–water partition coefficient (Wildman–Crippen LogP) is 3.12. The maximum Gasteiger partial charge on any atom is 0.172 e. The zero-order chi connectivity index (χ0) is 14.9. The largest absolute Gasteiger partial charge is 0.496 e. The number of halogens is 1. The van der Waals surface area contributed by atoms with Crippen LogP contribution in [0, 0.1) is 13.8 Å². The van der Waals surface area contributed by atoms with Crippen molar-refractivity contribution in [3.05, 3.63) is 45.7 Å². The summed E-state index contributed by atoms with van der Waals surface area (Å²) in [4.78, 5) is 12.5. The van der Waals surface area contributed by atoms with Crippen molar-refractivity contribution in [2.24, 2.45) is 7.05 Å². The molecule has 0 atom stereocenters. The molecule has 2 rings (SSSR count). The van der Waals surface area contributed by atoms with Gasteiger partial charge in [-0.2, -0.15) is 5.10 Å². The monoisotopic (exact) mass is 292 g/mol. The van der Waals surface area contributed by atoms with E-state index in [2.05, 4.69) is 5.10 Å². The SMILES string of the molecule is COc1ccc(C)cc1C(=O)Cc1c(Cl)c(C)nn1C. The average Bonchev–Trinajstić information content (AvgIpc) is 2.65. The smallest absolute Gasteiger partial charge is 0.172 e. The maximum atomic E-state index is 12.5. The summed E-state index contributed by atoms with van der Waals surface area (Å²) >= 11 is 6.18. The van der Waals surface area contributed by atoms with Crippen molar-refractivity contribution < 1.29 is 9.53 Å². The van der Waals surface area contributed by atoms with Gasteiger partial charge in [-0.05, 0) is 26.0 Å². The average molecular weight is 293 g/mol. The second kappa shape index (κ2) is 5.67. The highest BCUT2D eigenvalue weighted by Gasteiger charge is 2.18. The molecule has 0 fully saturated rings. The van der Waals surface area contributed by atoms with Crippen molar-refractivity contribution in [2.75, 3.05) is 7.11 Å². The molecule has 0 saturated heterocycles. The van der Waals surface area contributed by atoms with Crippen LogP contribution in [-0.4, -0.2) is 22.7 Å². The van der Waals surface area contributed by atoms with Gasteiger partial charge in [0.1, 0.15) is 5.75 Å². The molecule has 0 unspecified atom stereocenters. The minimum Gasteiger partial charge on any atom is -0.496 e. The fourth-order valence-corrected chi connectivity index (χ4v) is 2.39. The van der Waals surface area contributed by atoms with Crippen LogP contribution in [0.4, 0.5) is 0 Å². The van der Waals surface area contributed by atoms with Gasteiger partial charge >= 0.3 is 0 Å². The van der Waals surface area contributed by atoms with Crippen molar-refractivity contribution in [3.8, 4) is 5.75 Å². The van der Waals surface area contributed by atoms with Crippen LogP contribution in [0.15, 0.2) is 18.2 Å². The third-order valence-electron chi connectivity index (χ3n) is 3.25. The van der Waals surface area contributed by atoms with E-state index in [1.807, 2.05) is 26.0 Å². The number of Topliss-reactive ketones (excluding diaryl/α,β-unsaturated/α-hetero) is 1. The molecular formula is C15H17ClN2O2. The molecule has 0 aliphatic rings. The van der Waals surface area contributed by atoms with E-state index in [1.165, 1.54) is 0 Å². The lowest BCUT2D eigenvalue weighted by atomic mass is 10.0. The summed E-state index contributed by atoms with van der Waals surface area (Å²) in [6.07, 6.45) is 0.204. The number of hydrogen-bond donors (Lipinski definition) is 0. The summed E-state index contributed by atoms with van der Waals surface area (Å²) in [5, 5.41) is 4.77. The Labute approximate surface area is 123 Å². The van der Waals surface area contributed by atoms with Gasteiger partial charge in [0.05, 0.1) is 35.5 Å². The Morgan fingerprint density at radius 2 is 2.10 bits per heavy atom. The molecule has 20 heavy (non-hydrogen) atoms. The first-order valence-electron chi connectivity index (χ1n) is 6.30. The Morgan fingerprint density at radius 1 is 1.40 bits per heavy atom. The van der Waals surface area contributed by atoms with E-state index in [-0.39, 0.29) is 12.2 Å². The molecule has 0 radical (unpaired) electrons. The molecule has 0 bridgehead atoms. The Bertz CT molecular complexity index is 662. The minimum absolute atomic E-state index is 0.0320. The van der Waals surface area contributed by atoms with Crippen molar-refractivity contribution in [1.29, 1.82) is 0 Å². The lowest BCUT2D eigenvalue weighted by molar-refractivity contribution is 0.0987. The number of aromatic nitrogens is 2. The number of benzene rings is 1. The highest BCUT2D eigenvalue weighted by atomic mass is 35.5. The number of ketones is 1. The number of carbonyl (C=O) groups excluding carboxylic acids is 1. The third-order valence-corrected chi connectivity index (χ3v) is 3.74. The number of methoxy groups -OCH3 is 1. The summed E-state index contributed by atoms with van der Waals surface area (Å²) in [7, 11) is 3.34. The molecule has 1 aromatic heterocycles. The van der Waals surface area contributed by atoms with Crippen LogP contribution in [0.3, 0.4) is 0 Å².